The van der Waals surface area contributed by atoms with Crippen LogP contribution < -0.4 is 21.7 Å². The fraction of sp³-hybridized carbons (Fsp3) is 0.333. The molecule has 0 fully saturated rings. The summed E-state index contributed by atoms with van der Waals surface area (Å²) in [6.07, 6.45) is 0.646. The number of H-pyrrole nitrogens is 1. The van der Waals surface area contributed by atoms with Gasteiger partial charge in [-0.1, -0.05) is 48.5 Å². The largest absolute Gasteiger partial charge is 0.480 e. The molecule has 11 heteroatoms. The zero-order chi connectivity index (χ0) is 27.8. The van der Waals surface area contributed by atoms with E-state index in [4.69, 9.17) is 5.73 Å². The van der Waals surface area contributed by atoms with Gasteiger partial charge in [0.25, 0.3) is 0 Å². The summed E-state index contributed by atoms with van der Waals surface area (Å²) in [5, 5.41) is 27.7. The lowest BCUT2D eigenvalue weighted by Crippen LogP contribution is -2.60. The number of hydrogen-bond donors (Lipinski definition) is 7. The first-order valence-electron chi connectivity index (χ1n) is 12.2. The van der Waals surface area contributed by atoms with E-state index in [1.165, 1.54) is 13.8 Å². The highest BCUT2D eigenvalue weighted by molar-refractivity contribution is 5.95. The zero-order valence-electron chi connectivity index (χ0n) is 21.2. The summed E-state index contributed by atoms with van der Waals surface area (Å²) >= 11 is 0. The second-order valence-electron chi connectivity index (χ2n) is 9.22. The third-order valence-corrected chi connectivity index (χ3v) is 6.16. The highest BCUT2D eigenvalue weighted by atomic mass is 16.4. The summed E-state index contributed by atoms with van der Waals surface area (Å²) in [7, 11) is 0. The lowest BCUT2D eigenvalue weighted by molar-refractivity contribution is -0.142. The van der Waals surface area contributed by atoms with Gasteiger partial charge in [0.15, 0.2) is 0 Å². The van der Waals surface area contributed by atoms with Crippen LogP contribution in [0.5, 0.6) is 0 Å². The van der Waals surface area contributed by atoms with Crippen LogP contribution >= 0.6 is 0 Å². The maximum Gasteiger partial charge on any atom is 0.325 e. The highest BCUT2D eigenvalue weighted by Gasteiger charge is 2.32. The Kier molecular flexibility index (Phi) is 9.58. The molecular formula is C27H33N5O6. The number of hydrogen-bond acceptors (Lipinski definition) is 6. The van der Waals surface area contributed by atoms with E-state index in [1.807, 2.05) is 54.6 Å². The molecule has 0 saturated heterocycles. The third-order valence-electron chi connectivity index (χ3n) is 6.16. The molecule has 8 N–H and O–H groups in total. The number of benzene rings is 2. The summed E-state index contributed by atoms with van der Waals surface area (Å²) in [5.41, 5.74) is 8.40. The molecule has 5 atom stereocenters. The molecule has 0 aliphatic rings. The summed E-state index contributed by atoms with van der Waals surface area (Å²) in [6.45, 7) is 2.63. The normalized spacial score (nSPS) is 15.1. The number of nitrogens with one attached hydrogen (secondary N) is 4. The summed E-state index contributed by atoms with van der Waals surface area (Å²) in [6, 6.07) is 11.7. The average molecular weight is 524 g/mol. The van der Waals surface area contributed by atoms with Crippen LogP contribution in [-0.4, -0.2) is 69.2 Å². The maximum atomic E-state index is 13.2. The van der Waals surface area contributed by atoms with Gasteiger partial charge in [0.05, 0.1) is 12.1 Å². The number of nitrogens with two attached hydrogens (primary N) is 1. The van der Waals surface area contributed by atoms with E-state index in [0.717, 1.165) is 16.5 Å². The lowest BCUT2D eigenvalue weighted by Gasteiger charge is -2.26. The molecule has 3 aromatic rings. The second-order valence-corrected chi connectivity index (χ2v) is 9.22. The fourth-order valence-corrected chi connectivity index (χ4v) is 3.99. The minimum Gasteiger partial charge on any atom is -0.480 e. The van der Waals surface area contributed by atoms with Crippen molar-refractivity contribution in [1.29, 1.82) is 0 Å². The van der Waals surface area contributed by atoms with Gasteiger partial charge in [0.1, 0.15) is 18.1 Å². The minimum absolute atomic E-state index is 0.0297. The van der Waals surface area contributed by atoms with E-state index in [9.17, 15) is 29.4 Å². The number of aromatic amines is 1. The van der Waals surface area contributed by atoms with E-state index in [2.05, 4.69) is 20.9 Å². The van der Waals surface area contributed by atoms with Crippen LogP contribution in [0.2, 0.25) is 0 Å². The van der Waals surface area contributed by atoms with Crippen molar-refractivity contribution in [3.8, 4) is 0 Å². The highest BCUT2D eigenvalue weighted by Crippen LogP contribution is 2.19. The molecule has 0 aliphatic carbocycles. The van der Waals surface area contributed by atoms with Crippen molar-refractivity contribution in [1.82, 2.24) is 20.9 Å². The number of fused-ring (bicyclic) bond motifs is 1. The van der Waals surface area contributed by atoms with Gasteiger partial charge in [-0.15, -0.1) is 0 Å². The van der Waals surface area contributed by atoms with Crippen molar-refractivity contribution < 1.29 is 29.4 Å². The zero-order valence-corrected chi connectivity index (χ0v) is 21.2. The Hall–Kier alpha value is -4.22. The Morgan fingerprint density at radius 3 is 2.18 bits per heavy atom. The quantitative estimate of drug-likeness (QED) is 0.177. The second kappa shape index (κ2) is 12.8. The van der Waals surface area contributed by atoms with Gasteiger partial charge in [-0.2, -0.15) is 0 Å². The van der Waals surface area contributed by atoms with Gasteiger partial charge in [-0.3, -0.25) is 19.2 Å². The molecule has 2 aromatic carbocycles. The van der Waals surface area contributed by atoms with Crippen molar-refractivity contribution in [2.75, 3.05) is 0 Å². The predicted molar refractivity (Wildman–Crippen MR) is 141 cm³/mol. The molecule has 0 saturated carbocycles. The first-order chi connectivity index (χ1) is 18.1. The van der Waals surface area contributed by atoms with E-state index in [0.29, 0.717) is 5.56 Å². The first-order valence-corrected chi connectivity index (χ1v) is 12.2. The number of para-hydroxylation sites is 1. The monoisotopic (exact) mass is 523 g/mol. The van der Waals surface area contributed by atoms with E-state index < -0.39 is 54.0 Å². The van der Waals surface area contributed by atoms with E-state index in [-0.39, 0.29) is 12.8 Å². The molecule has 3 amide bonds. The number of carbonyl (C=O) groups excluding carboxylic acids is 3. The Balaban J connectivity index is 1.76. The van der Waals surface area contributed by atoms with Crippen LogP contribution in [0.1, 0.15) is 25.0 Å². The van der Waals surface area contributed by atoms with Gasteiger partial charge < -0.3 is 36.9 Å². The van der Waals surface area contributed by atoms with Crippen LogP contribution in [0.4, 0.5) is 0 Å². The molecule has 0 spiro atoms. The van der Waals surface area contributed by atoms with E-state index >= 15 is 0 Å². The van der Waals surface area contributed by atoms with Crippen LogP contribution in [0.15, 0.2) is 60.8 Å². The van der Waals surface area contributed by atoms with Gasteiger partial charge in [-0.05, 0) is 37.5 Å². The van der Waals surface area contributed by atoms with Gasteiger partial charge >= 0.3 is 5.97 Å². The van der Waals surface area contributed by atoms with Crippen molar-refractivity contribution in [3.05, 3.63) is 71.9 Å². The molecule has 1 aromatic heterocycles. The standard InChI is InChI=1S/C27H33N5O6/c1-15(27(37)38)30-25(35)22(13-18-14-29-21-11-7-6-10-19(18)21)31-26(36)23(16(2)33)32-24(34)20(28)12-17-8-4-3-5-9-17/h3-11,14-16,20,22-23,29,33H,12-13,28H2,1-2H3,(H,30,35)(H,31,36)(H,32,34)(H,37,38). The number of aliphatic hydroxyl groups excluding tert-OH is 1. The molecule has 38 heavy (non-hydrogen) atoms. The molecular weight excluding hydrogens is 490 g/mol. The molecule has 5 unspecified atom stereocenters. The topological polar surface area (TPSA) is 187 Å². The van der Waals surface area contributed by atoms with Crippen LogP contribution in [0.3, 0.4) is 0 Å². The molecule has 11 nitrogen and oxygen atoms in total. The molecule has 0 bridgehead atoms. The molecule has 0 aliphatic heterocycles. The van der Waals surface area contributed by atoms with Gasteiger partial charge in [0.2, 0.25) is 17.7 Å². The fourth-order valence-electron chi connectivity index (χ4n) is 3.99. The Morgan fingerprint density at radius 2 is 1.53 bits per heavy atom. The number of amides is 3. The summed E-state index contributed by atoms with van der Waals surface area (Å²) in [4.78, 5) is 53.3. The number of aliphatic carboxylic acids is 1. The maximum absolute atomic E-state index is 13.2. The van der Waals surface area contributed by atoms with E-state index in [1.54, 1.807) is 6.20 Å². The van der Waals surface area contributed by atoms with Crippen molar-refractivity contribution in [3.63, 3.8) is 0 Å². The van der Waals surface area contributed by atoms with Crippen molar-refractivity contribution in [2.45, 2.75) is 57.0 Å². The minimum atomic E-state index is -1.40. The smallest absolute Gasteiger partial charge is 0.325 e. The average Bonchev–Trinajstić information content (AvgIpc) is 3.29. The Morgan fingerprint density at radius 1 is 0.868 bits per heavy atom. The first kappa shape index (κ1) is 28.4. The molecule has 1 heterocycles. The number of carboxylic acids is 1. The molecule has 3 rings (SSSR count). The number of aliphatic hydroxyl groups is 1. The molecule has 0 radical (unpaired) electrons. The van der Waals surface area contributed by atoms with Crippen molar-refractivity contribution >= 4 is 34.6 Å². The van der Waals surface area contributed by atoms with Crippen LogP contribution in [-0.2, 0) is 32.0 Å². The van der Waals surface area contributed by atoms with Crippen LogP contribution in [0, 0.1) is 0 Å². The Bertz CT molecular complexity index is 1280. The number of carboxylic acid groups (broad SMARTS) is 1. The summed E-state index contributed by atoms with van der Waals surface area (Å²) in [5.74, 6) is -3.43. The third kappa shape index (κ3) is 7.40. The van der Waals surface area contributed by atoms with Gasteiger partial charge in [-0.25, -0.2) is 0 Å². The summed E-state index contributed by atoms with van der Waals surface area (Å²) < 4.78 is 0. The van der Waals surface area contributed by atoms with Crippen LogP contribution in [0.25, 0.3) is 10.9 Å². The molecule has 202 valence electrons. The lowest BCUT2D eigenvalue weighted by atomic mass is 10.0. The van der Waals surface area contributed by atoms with Gasteiger partial charge in [0, 0.05) is 23.5 Å². The Labute approximate surface area is 219 Å². The van der Waals surface area contributed by atoms with Crippen molar-refractivity contribution in [2.24, 2.45) is 5.73 Å². The number of aromatic nitrogens is 1. The predicted octanol–water partition coefficient (Wildman–Crippen LogP) is 0.220. The number of carbonyl (C=O) groups is 4. The number of rotatable bonds is 12. The SMILES string of the molecule is CC(NC(=O)C(Cc1c[nH]c2ccccc12)NC(=O)C(NC(=O)C(N)Cc1ccccc1)C(C)O)C(=O)O.